The van der Waals surface area contributed by atoms with Crippen LogP contribution in [0.25, 0.3) is 0 Å². The summed E-state index contributed by atoms with van der Waals surface area (Å²) in [4.78, 5) is 25.1. The van der Waals surface area contributed by atoms with Crippen molar-refractivity contribution in [3.63, 3.8) is 0 Å². The molecule has 1 aliphatic rings. The lowest BCUT2D eigenvalue weighted by Gasteiger charge is -2.27. The van der Waals surface area contributed by atoms with Crippen LogP contribution in [0.15, 0.2) is 0 Å². The maximum Gasteiger partial charge on any atom is 0.410 e. The summed E-state index contributed by atoms with van der Waals surface area (Å²) in [6, 6.07) is 0. The van der Waals surface area contributed by atoms with Crippen LogP contribution >= 0.6 is 0 Å². The average molecular weight is 301 g/mol. The quantitative estimate of drug-likeness (QED) is 0.746. The summed E-state index contributed by atoms with van der Waals surface area (Å²) in [6.45, 7) is 11.8. The number of carbonyl (C=O) groups excluding carboxylic acids is 2. The lowest BCUT2D eigenvalue weighted by Crippen LogP contribution is -2.40. The summed E-state index contributed by atoms with van der Waals surface area (Å²) in [6.07, 6.45) is 0.164. The van der Waals surface area contributed by atoms with Gasteiger partial charge >= 0.3 is 12.1 Å². The van der Waals surface area contributed by atoms with E-state index in [9.17, 15) is 9.59 Å². The highest BCUT2D eigenvalue weighted by Gasteiger charge is 2.39. The van der Waals surface area contributed by atoms with Gasteiger partial charge in [-0.15, -0.1) is 0 Å². The molecular weight excluding hydrogens is 274 g/mol. The summed E-state index contributed by atoms with van der Waals surface area (Å²) in [5.74, 6) is -0.387. The normalized spacial score (nSPS) is 22.5. The van der Waals surface area contributed by atoms with Gasteiger partial charge in [0.15, 0.2) is 0 Å². The second-order valence-electron chi connectivity index (χ2n) is 6.93. The fourth-order valence-electron chi connectivity index (χ4n) is 2.06. The number of amides is 1. The van der Waals surface area contributed by atoms with E-state index in [1.807, 2.05) is 27.7 Å². The molecule has 1 amide bonds. The van der Waals surface area contributed by atoms with Crippen molar-refractivity contribution < 1.29 is 23.8 Å². The van der Waals surface area contributed by atoms with Gasteiger partial charge in [0.25, 0.3) is 0 Å². The third-order valence-electron chi connectivity index (χ3n) is 2.99. The zero-order valence-corrected chi connectivity index (χ0v) is 13.9. The Balaban J connectivity index is 2.44. The minimum absolute atomic E-state index is 0.100. The molecule has 1 heterocycles. The monoisotopic (exact) mass is 301 g/mol. The van der Waals surface area contributed by atoms with Crippen molar-refractivity contribution in [3.05, 3.63) is 0 Å². The van der Waals surface area contributed by atoms with Gasteiger partial charge in [0.1, 0.15) is 12.2 Å². The summed E-state index contributed by atoms with van der Waals surface area (Å²) in [5, 5.41) is 0. The molecule has 6 heteroatoms. The zero-order valence-electron chi connectivity index (χ0n) is 13.9. The van der Waals surface area contributed by atoms with Crippen LogP contribution in [0.2, 0.25) is 0 Å². The predicted molar refractivity (Wildman–Crippen MR) is 78.0 cm³/mol. The summed E-state index contributed by atoms with van der Waals surface area (Å²) < 4.78 is 16.0. The molecule has 1 atom stereocenters. The molecule has 21 heavy (non-hydrogen) atoms. The lowest BCUT2D eigenvalue weighted by atomic mass is 10.1. The molecule has 0 aliphatic carbocycles. The minimum Gasteiger partial charge on any atom is -0.461 e. The number of hydrogen-bond donors (Lipinski definition) is 0. The number of hydrogen-bond acceptors (Lipinski definition) is 5. The third kappa shape index (κ3) is 6.33. The first-order valence-electron chi connectivity index (χ1n) is 7.32. The van der Waals surface area contributed by atoms with E-state index in [4.69, 9.17) is 14.2 Å². The van der Waals surface area contributed by atoms with Crippen molar-refractivity contribution in [2.45, 2.75) is 65.3 Å². The van der Waals surface area contributed by atoms with Crippen molar-refractivity contribution in [3.8, 4) is 0 Å². The molecular formula is C15H27NO5. The summed E-state index contributed by atoms with van der Waals surface area (Å²) in [7, 11) is 0. The fourth-order valence-corrected chi connectivity index (χ4v) is 2.06. The van der Waals surface area contributed by atoms with E-state index < -0.39 is 11.2 Å². The van der Waals surface area contributed by atoms with Crippen LogP contribution < -0.4 is 0 Å². The van der Waals surface area contributed by atoms with Crippen LogP contribution in [0.1, 0.15) is 48.0 Å². The number of ether oxygens (including phenoxy) is 3. The molecule has 1 fully saturated rings. The molecule has 0 radical (unpaired) electrons. The Hall–Kier alpha value is -1.30. The van der Waals surface area contributed by atoms with Crippen molar-refractivity contribution in [2.24, 2.45) is 0 Å². The smallest absolute Gasteiger partial charge is 0.410 e. The Bertz CT molecular complexity index is 388. The predicted octanol–water partition coefficient (Wildman–Crippen LogP) is 2.35. The van der Waals surface area contributed by atoms with Crippen LogP contribution in [0.4, 0.5) is 4.79 Å². The maximum atomic E-state index is 12.0. The van der Waals surface area contributed by atoms with E-state index in [1.165, 1.54) is 0 Å². The molecule has 1 saturated heterocycles. The number of rotatable bonds is 4. The minimum atomic E-state index is -0.535. The Morgan fingerprint density at radius 3 is 2.43 bits per heavy atom. The largest absolute Gasteiger partial charge is 0.461 e. The topological polar surface area (TPSA) is 65.1 Å². The molecule has 122 valence electrons. The van der Waals surface area contributed by atoms with Gasteiger partial charge in [-0.05, 0) is 48.0 Å². The SMILES string of the molecule is CC(C)OC(=O)COC1(C)CCN(C(=O)OC(C)(C)C)C1. The Kier molecular flexibility index (Phi) is 5.61. The van der Waals surface area contributed by atoms with Gasteiger partial charge in [-0.1, -0.05) is 0 Å². The van der Waals surface area contributed by atoms with Gasteiger partial charge in [0, 0.05) is 6.54 Å². The summed E-state index contributed by atoms with van der Waals surface area (Å²) >= 11 is 0. The van der Waals surface area contributed by atoms with Crippen LogP contribution in [-0.4, -0.2) is 54.0 Å². The molecule has 1 aliphatic heterocycles. The Labute approximate surface area is 126 Å². The molecule has 0 aromatic rings. The highest BCUT2D eigenvalue weighted by atomic mass is 16.6. The molecule has 0 bridgehead atoms. The van der Waals surface area contributed by atoms with Crippen LogP contribution in [0, 0.1) is 0 Å². The van der Waals surface area contributed by atoms with Gasteiger partial charge in [-0.25, -0.2) is 9.59 Å². The first-order valence-corrected chi connectivity index (χ1v) is 7.32. The second-order valence-corrected chi connectivity index (χ2v) is 6.93. The molecule has 0 spiro atoms. The second kappa shape index (κ2) is 6.64. The van der Waals surface area contributed by atoms with Gasteiger partial charge in [0.2, 0.25) is 0 Å². The van der Waals surface area contributed by atoms with Crippen molar-refractivity contribution in [2.75, 3.05) is 19.7 Å². The van der Waals surface area contributed by atoms with Gasteiger partial charge < -0.3 is 19.1 Å². The first-order chi connectivity index (χ1) is 9.51. The molecule has 1 unspecified atom stereocenters. The lowest BCUT2D eigenvalue weighted by molar-refractivity contribution is -0.158. The Morgan fingerprint density at radius 1 is 1.29 bits per heavy atom. The highest BCUT2D eigenvalue weighted by molar-refractivity contribution is 5.71. The number of esters is 1. The number of nitrogens with zero attached hydrogens (tertiary/aromatic N) is 1. The number of likely N-dealkylation sites (tertiary alicyclic amines) is 1. The van der Waals surface area contributed by atoms with Crippen LogP contribution in [0.3, 0.4) is 0 Å². The van der Waals surface area contributed by atoms with Gasteiger partial charge in [-0.2, -0.15) is 0 Å². The maximum absolute atomic E-state index is 12.0. The highest BCUT2D eigenvalue weighted by Crippen LogP contribution is 2.26. The van der Waals surface area contributed by atoms with Crippen LogP contribution in [-0.2, 0) is 19.0 Å². The van der Waals surface area contributed by atoms with Gasteiger partial charge in [-0.3, -0.25) is 0 Å². The molecule has 0 aromatic heterocycles. The molecule has 0 aromatic carbocycles. The molecule has 0 saturated carbocycles. The first kappa shape index (κ1) is 17.8. The van der Waals surface area contributed by atoms with E-state index in [-0.39, 0.29) is 24.8 Å². The standard InChI is InChI=1S/C15H27NO5/c1-11(2)20-12(17)9-19-15(6)7-8-16(10-15)13(18)21-14(3,4)5/h11H,7-10H2,1-6H3. The molecule has 6 nitrogen and oxygen atoms in total. The third-order valence-corrected chi connectivity index (χ3v) is 2.99. The van der Waals surface area contributed by atoms with Crippen molar-refractivity contribution in [1.82, 2.24) is 4.90 Å². The number of carbonyl (C=O) groups is 2. The fraction of sp³-hybridized carbons (Fsp3) is 0.867. The van der Waals surface area contributed by atoms with E-state index in [0.717, 1.165) is 0 Å². The van der Waals surface area contributed by atoms with Crippen molar-refractivity contribution in [1.29, 1.82) is 0 Å². The average Bonchev–Trinajstić information content (AvgIpc) is 2.67. The Morgan fingerprint density at radius 2 is 1.90 bits per heavy atom. The van der Waals surface area contributed by atoms with Crippen LogP contribution in [0.5, 0.6) is 0 Å². The van der Waals surface area contributed by atoms with E-state index in [1.54, 1.807) is 18.7 Å². The zero-order chi connectivity index (χ0) is 16.3. The van der Waals surface area contributed by atoms with Gasteiger partial charge in [0.05, 0.1) is 18.2 Å². The van der Waals surface area contributed by atoms with E-state index in [2.05, 4.69) is 0 Å². The summed E-state index contributed by atoms with van der Waals surface area (Å²) in [5.41, 5.74) is -1.05. The van der Waals surface area contributed by atoms with E-state index >= 15 is 0 Å². The van der Waals surface area contributed by atoms with E-state index in [0.29, 0.717) is 19.5 Å². The van der Waals surface area contributed by atoms with Crippen molar-refractivity contribution >= 4 is 12.1 Å². The molecule has 0 N–H and O–H groups in total. The molecule has 1 rings (SSSR count).